The summed E-state index contributed by atoms with van der Waals surface area (Å²) < 4.78 is 19.5. The van der Waals surface area contributed by atoms with Crippen molar-refractivity contribution in [3.8, 4) is 0 Å². The molecule has 0 bridgehead atoms. The normalized spacial score (nSPS) is 16.4. The molecule has 0 spiro atoms. The number of aryl methyl sites for hydroxylation is 1. The zero-order valence-electron chi connectivity index (χ0n) is 15.5. The van der Waals surface area contributed by atoms with E-state index in [4.69, 9.17) is 4.42 Å². The van der Waals surface area contributed by atoms with Crippen LogP contribution in [-0.4, -0.2) is 19.0 Å². The predicted molar refractivity (Wildman–Crippen MR) is 106 cm³/mol. The maximum absolute atomic E-state index is 14.3. The molecule has 1 unspecified atom stereocenters. The van der Waals surface area contributed by atoms with Gasteiger partial charge in [-0.3, -0.25) is 4.79 Å². The lowest BCUT2D eigenvalue weighted by molar-refractivity contribution is 0.102. The van der Waals surface area contributed by atoms with Gasteiger partial charge in [0.15, 0.2) is 0 Å². The van der Waals surface area contributed by atoms with E-state index in [2.05, 4.69) is 10.6 Å². The number of nitrogens with one attached hydrogen (secondary N) is 2. The Balaban J connectivity index is 1.57. The molecule has 0 radical (unpaired) electrons. The number of halogens is 1. The van der Waals surface area contributed by atoms with Crippen LogP contribution in [-0.2, 0) is 6.42 Å². The number of hydrogen-bond acceptors (Lipinski definition) is 4. The van der Waals surface area contributed by atoms with Gasteiger partial charge in [0.05, 0.1) is 5.56 Å². The third-order valence-corrected chi connectivity index (χ3v) is 5.17. The Morgan fingerprint density at radius 1 is 1.25 bits per heavy atom. The number of benzene rings is 2. The van der Waals surface area contributed by atoms with E-state index in [0.717, 1.165) is 42.4 Å². The molecule has 1 atom stereocenters. The fourth-order valence-corrected chi connectivity index (χ4v) is 3.70. The topological polar surface area (TPSA) is 71.3 Å². The number of carbonyl (C=O) groups excluding carboxylic acids is 1. The SMILES string of the molecule is Cc1cc(=O)oc2cc(NC(=O)c3cc(CC4CCNC4)ccc3F)ccc12. The minimum Gasteiger partial charge on any atom is -0.423 e. The lowest BCUT2D eigenvalue weighted by Gasteiger charge is -2.11. The summed E-state index contributed by atoms with van der Waals surface area (Å²) in [7, 11) is 0. The van der Waals surface area contributed by atoms with Crippen molar-refractivity contribution in [3.63, 3.8) is 0 Å². The zero-order valence-corrected chi connectivity index (χ0v) is 15.5. The molecular weight excluding hydrogens is 359 g/mol. The molecule has 2 N–H and O–H groups in total. The maximum Gasteiger partial charge on any atom is 0.336 e. The van der Waals surface area contributed by atoms with Crippen molar-refractivity contribution in [1.82, 2.24) is 5.32 Å². The Bertz CT molecular complexity index is 1100. The van der Waals surface area contributed by atoms with E-state index in [1.54, 1.807) is 30.3 Å². The van der Waals surface area contributed by atoms with E-state index >= 15 is 0 Å². The first-order chi connectivity index (χ1) is 13.5. The van der Waals surface area contributed by atoms with E-state index in [9.17, 15) is 14.0 Å². The molecule has 5 nitrogen and oxygen atoms in total. The summed E-state index contributed by atoms with van der Waals surface area (Å²) in [5.41, 5.74) is 2.12. The third-order valence-electron chi connectivity index (χ3n) is 5.17. The number of carbonyl (C=O) groups is 1. The van der Waals surface area contributed by atoms with Crippen molar-refractivity contribution >= 4 is 22.6 Å². The average Bonchev–Trinajstić information content (AvgIpc) is 3.16. The molecule has 2 heterocycles. The largest absolute Gasteiger partial charge is 0.423 e. The van der Waals surface area contributed by atoms with Crippen molar-refractivity contribution in [2.24, 2.45) is 5.92 Å². The standard InChI is InChI=1S/C22H21FN2O3/c1-13-8-21(26)28-20-11-16(3-4-17(13)20)25-22(27)18-10-14(2-5-19(18)23)9-15-6-7-24-12-15/h2-5,8,10-11,15,24H,6-7,9,12H2,1H3,(H,25,27). The Labute approximate surface area is 161 Å². The van der Waals surface area contributed by atoms with Crippen LogP contribution in [0.1, 0.15) is 27.9 Å². The number of anilines is 1. The highest BCUT2D eigenvalue weighted by atomic mass is 19.1. The maximum atomic E-state index is 14.3. The quantitative estimate of drug-likeness (QED) is 0.678. The number of fused-ring (bicyclic) bond motifs is 1. The van der Waals surface area contributed by atoms with Gasteiger partial charge in [-0.15, -0.1) is 0 Å². The summed E-state index contributed by atoms with van der Waals surface area (Å²) in [6.07, 6.45) is 1.90. The minimum absolute atomic E-state index is 0.00856. The van der Waals surface area contributed by atoms with Crippen LogP contribution < -0.4 is 16.3 Å². The second kappa shape index (κ2) is 7.56. The molecule has 6 heteroatoms. The van der Waals surface area contributed by atoms with Crippen molar-refractivity contribution in [2.45, 2.75) is 19.8 Å². The van der Waals surface area contributed by atoms with Gasteiger partial charge in [-0.05, 0) is 74.2 Å². The average molecular weight is 380 g/mol. The second-order valence-electron chi connectivity index (χ2n) is 7.29. The van der Waals surface area contributed by atoms with Gasteiger partial charge in [0.2, 0.25) is 0 Å². The van der Waals surface area contributed by atoms with Crippen LogP contribution in [0.15, 0.2) is 51.7 Å². The molecule has 1 aliphatic heterocycles. The molecule has 1 fully saturated rings. The molecule has 3 aromatic rings. The van der Waals surface area contributed by atoms with Crippen LogP contribution in [0.25, 0.3) is 11.0 Å². The summed E-state index contributed by atoms with van der Waals surface area (Å²) in [6, 6.07) is 11.2. The molecule has 28 heavy (non-hydrogen) atoms. The van der Waals surface area contributed by atoms with E-state index in [-0.39, 0.29) is 5.56 Å². The predicted octanol–water partition coefficient (Wildman–Crippen LogP) is 3.64. The van der Waals surface area contributed by atoms with Crippen LogP contribution in [0, 0.1) is 18.7 Å². The molecule has 0 aliphatic carbocycles. The van der Waals surface area contributed by atoms with Crippen LogP contribution in [0.5, 0.6) is 0 Å². The number of hydrogen-bond donors (Lipinski definition) is 2. The van der Waals surface area contributed by atoms with Crippen molar-refractivity contribution < 1.29 is 13.6 Å². The first kappa shape index (κ1) is 18.4. The summed E-state index contributed by atoms with van der Waals surface area (Å²) in [5, 5.41) is 6.80. The molecule has 144 valence electrons. The van der Waals surface area contributed by atoms with Gasteiger partial charge < -0.3 is 15.1 Å². The van der Waals surface area contributed by atoms with Gasteiger partial charge in [-0.25, -0.2) is 9.18 Å². The van der Waals surface area contributed by atoms with Gasteiger partial charge >= 0.3 is 5.63 Å². The van der Waals surface area contributed by atoms with E-state index < -0.39 is 17.3 Å². The number of rotatable bonds is 4. The molecular formula is C22H21FN2O3. The Morgan fingerprint density at radius 2 is 2.11 bits per heavy atom. The van der Waals surface area contributed by atoms with Gasteiger partial charge in [0, 0.05) is 23.2 Å². The van der Waals surface area contributed by atoms with E-state index in [1.807, 2.05) is 6.92 Å². The van der Waals surface area contributed by atoms with Crippen molar-refractivity contribution in [3.05, 3.63) is 75.4 Å². The van der Waals surface area contributed by atoms with Gasteiger partial charge in [-0.1, -0.05) is 6.07 Å². The van der Waals surface area contributed by atoms with E-state index in [0.29, 0.717) is 17.2 Å². The first-order valence-corrected chi connectivity index (χ1v) is 9.34. The minimum atomic E-state index is -0.561. The third kappa shape index (κ3) is 3.82. The fourth-order valence-electron chi connectivity index (χ4n) is 3.70. The Hall–Kier alpha value is -2.99. The van der Waals surface area contributed by atoms with Crippen LogP contribution in [0.4, 0.5) is 10.1 Å². The van der Waals surface area contributed by atoms with Gasteiger partial charge in [0.1, 0.15) is 11.4 Å². The monoisotopic (exact) mass is 380 g/mol. The smallest absolute Gasteiger partial charge is 0.336 e. The van der Waals surface area contributed by atoms with Crippen molar-refractivity contribution in [2.75, 3.05) is 18.4 Å². The second-order valence-corrected chi connectivity index (χ2v) is 7.29. The van der Waals surface area contributed by atoms with E-state index in [1.165, 1.54) is 12.1 Å². The fraction of sp³-hybridized carbons (Fsp3) is 0.273. The molecule has 1 aromatic heterocycles. The summed E-state index contributed by atoms with van der Waals surface area (Å²) >= 11 is 0. The molecule has 1 amide bonds. The van der Waals surface area contributed by atoms with Crippen LogP contribution >= 0.6 is 0 Å². The van der Waals surface area contributed by atoms with Crippen LogP contribution in [0.2, 0.25) is 0 Å². The Morgan fingerprint density at radius 3 is 2.89 bits per heavy atom. The highest BCUT2D eigenvalue weighted by molar-refractivity contribution is 6.05. The summed E-state index contributed by atoms with van der Waals surface area (Å²) in [5.74, 6) is -0.583. The lowest BCUT2D eigenvalue weighted by atomic mass is 9.97. The molecule has 4 rings (SSSR count). The molecule has 0 saturated carbocycles. The summed E-state index contributed by atoms with van der Waals surface area (Å²) in [6.45, 7) is 3.76. The van der Waals surface area contributed by atoms with Gasteiger partial charge in [0.25, 0.3) is 5.91 Å². The van der Waals surface area contributed by atoms with Crippen LogP contribution in [0.3, 0.4) is 0 Å². The first-order valence-electron chi connectivity index (χ1n) is 9.34. The molecule has 1 aliphatic rings. The Kier molecular flexibility index (Phi) is 4.96. The summed E-state index contributed by atoms with van der Waals surface area (Å²) in [4.78, 5) is 24.2. The zero-order chi connectivity index (χ0) is 19.7. The number of amides is 1. The van der Waals surface area contributed by atoms with Crippen molar-refractivity contribution in [1.29, 1.82) is 0 Å². The molecule has 2 aromatic carbocycles. The molecule has 1 saturated heterocycles. The lowest BCUT2D eigenvalue weighted by Crippen LogP contribution is -2.15. The van der Waals surface area contributed by atoms with Gasteiger partial charge in [-0.2, -0.15) is 0 Å². The highest BCUT2D eigenvalue weighted by Crippen LogP contribution is 2.22. The highest BCUT2D eigenvalue weighted by Gasteiger charge is 2.18.